The van der Waals surface area contributed by atoms with Gasteiger partial charge in [0.25, 0.3) is 11.6 Å². The topological polar surface area (TPSA) is 81.5 Å². The van der Waals surface area contributed by atoms with Crippen LogP contribution in [0.2, 0.25) is 0 Å². The van der Waals surface area contributed by atoms with Gasteiger partial charge in [0.2, 0.25) is 0 Å². The fraction of sp³-hybridized carbons (Fsp3) is 0.136. The Morgan fingerprint density at radius 2 is 1.66 bits per heavy atom. The number of nitrogens with one attached hydrogen (secondary N) is 1. The average molecular weight is 408 g/mol. The first-order valence-electron chi connectivity index (χ1n) is 8.97. The van der Waals surface area contributed by atoms with Crippen LogP contribution >= 0.6 is 11.8 Å². The monoisotopic (exact) mass is 408 g/mol. The summed E-state index contributed by atoms with van der Waals surface area (Å²) in [7, 11) is 0. The van der Waals surface area contributed by atoms with E-state index in [1.165, 1.54) is 23.9 Å². The lowest BCUT2D eigenvalue weighted by atomic mass is 10.2. The van der Waals surface area contributed by atoms with E-state index in [9.17, 15) is 14.9 Å². The first kappa shape index (κ1) is 20.4. The molecule has 7 heteroatoms. The maximum atomic E-state index is 12.4. The standard InChI is InChI=1S/C22H20N2O4S/c1-15-4-3-5-19(14-15)28-16(2)22(25)23-17-6-10-20(11-7-17)29-21-12-8-18(9-13-21)24(26)27/h3-14,16H,1-2H3,(H,23,25). The third kappa shape index (κ3) is 5.83. The summed E-state index contributed by atoms with van der Waals surface area (Å²) in [6.07, 6.45) is -0.633. The molecule has 0 aromatic heterocycles. The highest BCUT2D eigenvalue weighted by Gasteiger charge is 2.15. The molecule has 3 aromatic rings. The number of non-ortho nitro benzene ring substituents is 1. The van der Waals surface area contributed by atoms with E-state index < -0.39 is 11.0 Å². The van der Waals surface area contributed by atoms with Crippen molar-refractivity contribution in [3.05, 3.63) is 88.5 Å². The zero-order chi connectivity index (χ0) is 20.8. The van der Waals surface area contributed by atoms with Gasteiger partial charge < -0.3 is 10.1 Å². The molecule has 0 heterocycles. The van der Waals surface area contributed by atoms with Crippen molar-refractivity contribution in [2.75, 3.05) is 5.32 Å². The van der Waals surface area contributed by atoms with Gasteiger partial charge in [0.15, 0.2) is 6.10 Å². The summed E-state index contributed by atoms with van der Waals surface area (Å²) in [6.45, 7) is 3.67. The Morgan fingerprint density at radius 3 is 2.24 bits per heavy atom. The van der Waals surface area contributed by atoms with Gasteiger partial charge in [-0.25, -0.2) is 0 Å². The molecule has 3 rings (SSSR count). The van der Waals surface area contributed by atoms with Gasteiger partial charge >= 0.3 is 0 Å². The molecule has 0 aliphatic heterocycles. The number of amides is 1. The van der Waals surface area contributed by atoms with E-state index in [4.69, 9.17) is 4.74 Å². The molecule has 0 radical (unpaired) electrons. The number of carbonyl (C=O) groups is 1. The molecule has 0 bridgehead atoms. The maximum absolute atomic E-state index is 12.4. The Balaban J connectivity index is 1.56. The summed E-state index contributed by atoms with van der Waals surface area (Å²) in [5.41, 5.74) is 1.80. The number of benzene rings is 3. The summed E-state index contributed by atoms with van der Waals surface area (Å²) in [5, 5.41) is 13.6. The molecule has 148 valence electrons. The van der Waals surface area contributed by atoms with Crippen LogP contribution in [0.15, 0.2) is 82.6 Å². The minimum Gasteiger partial charge on any atom is -0.481 e. The molecule has 0 saturated heterocycles. The van der Waals surface area contributed by atoms with Gasteiger partial charge in [-0.15, -0.1) is 0 Å². The van der Waals surface area contributed by atoms with Crippen molar-refractivity contribution < 1.29 is 14.5 Å². The summed E-state index contributed by atoms with van der Waals surface area (Å²) in [4.78, 5) is 24.5. The molecule has 1 atom stereocenters. The van der Waals surface area contributed by atoms with Crippen LogP contribution < -0.4 is 10.1 Å². The SMILES string of the molecule is Cc1cccc(OC(C)C(=O)Nc2ccc(Sc3ccc([N+](=O)[O-])cc3)cc2)c1. The van der Waals surface area contributed by atoms with Crippen LogP contribution in [0.5, 0.6) is 5.75 Å². The predicted octanol–water partition coefficient (Wildman–Crippen LogP) is 5.46. The average Bonchev–Trinajstić information content (AvgIpc) is 2.70. The molecule has 3 aromatic carbocycles. The van der Waals surface area contributed by atoms with Crippen LogP contribution in [0, 0.1) is 17.0 Å². The normalized spacial score (nSPS) is 11.5. The number of rotatable bonds is 7. The third-order valence-electron chi connectivity index (χ3n) is 4.08. The van der Waals surface area contributed by atoms with Crippen molar-refractivity contribution in [3.8, 4) is 5.75 Å². The number of nitrogens with zero attached hydrogens (tertiary/aromatic N) is 1. The maximum Gasteiger partial charge on any atom is 0.269 e. The van der Waals surface area contributed by atoms with Crippen molar-refractivity contribution in [2.45, 2.75) is 29.7 Å². The number of aryl methyl sites for hydroxylation is 1. The second-order valence-corrected chi connectivity index (χ2v) is 7.59. The molecule has 1 unspecified atom stereocenters. The lowest BCUT2D eigenvalue weighted by Gasteiger charge is -2.15. The van der Waals surface area contributed by atoms with Gasteiger partial charge in [0.1, 0.15) is 5.75 Å². The molecule has 0 spiro atoms. The molecule has 0 aliphatic rings. The molecule has 0 fully saturated rings. The smallest absolute Gasteiger partial charge is 0.269 e. The number of nitro groups is 1. The van der Waals surface area contributed by atoms with Gasteiger partial charge in [-0.1, -0.05) is 23.9 Å². The minimum atomic E-state index is -0.633. The summed E-state index contributed by atoms with van der Waals surface area (Å²) < 4.78 is 5.69. The van der Waals surface area contributed by atoms with Gasteiger partial charge in [0, 0.05) is 27.6 Å². The van der Waals surface area contributed by atoms with Crippen LogP contribution in [0.25, 0.3) is 0 Å². The number of anilines is 1. The van der Waals surface area contributed by atoms with Crippen molar-refractivity contribution in [1.82, 2.24) is 0 Å². The van der Waals surface area contributed by atoms with E-state index in [2.05, 4.69) is 5.32 Å². The van der Waals surface area contributed by atoms with Gasteiger partial charge in [-0.05, 0) is 67.9 Å². The first-order chi connectivity index (χ1) is 13.9. The summed E-state index contributed by atoms with van der Waals surface area (Å²) in [6, 6.07) is 21.3. The Morgan fingerprint density at radius 1 is 1.03 bits per heavy atom. The minimum absolute atomic E-state index is 0.0643. The summed E-state index contributed by atoms with van der Waals surface area (Å²) >= 11 is 1.49. The molecular formula is C22H20N2O4S. The number of nitro benzene ring substituents is 1. The van der Waals surface area contributed by atoms with E-state index in [0.29, 0.717) is 11.4 Å². The number of carbonyl (C=O) groups excluding carboxylic acids is 1. The Kier molecular flexibility index (Phi) is 6.51. The third-order valence-corrected chi connectivity index (χ3v) is 5.09. The predicted molar refractivity (Wildman–Crippen MR) is 114 cm³/mol. The van der Waals surface area contributed by atoms with E-state index >= 15 is 0 Å². The highest BCUT2D eigenvalue weighted by atomic mass is 32.2. The van der Waals surface area contributed by atoms with Gasteiger partial charge in [0.05, 0.1) is 4.92 Å². The van der Waals surface area contributed by atoms with Crippen molar-refractivity contribution in [3.63, 3.8) is 0 Å². The zero-order valence-electron chi connectivity index (χ0n) is 16.0. The zero-order valence-corrected chi connectivity index (χ0v) is 16.8. The van der Waals surface area contributed by atoms with Crippen LogP contribution in [-0.2, 0) is 4.79 Å². The van der Waals surface area contributed by atoms with E-state index in [0.717, 1.165) is 15.4 Å². The molecule has 1 amide bonds. The molecule has 0 aliphatic carbocycles. The number of hydrogen-bond donors (Lipinski definition) is 1. The van der Waals surface area contributed by atoms with Crippen LogP contribution in [0.1, 0.15) is 12.5 Å². The fourth-order valence-corrected chi connectivity index (χ4v) is 3.38. The lowest BCUT2D eigenvalue weighted by molar-refractivity contribution is -0.384. The second-order valence-electron chi connectivity index (χ2n) is 6.44. The van der Waals surface area contributed by atoms with Crippen molar-refractivity contribution >= 4 is 29.0 Å². The first-order valence-corrected chi connectivity index (χ1v) is 9.79. The Labute approximate surface area is 173 Å². The number of hydrogen-bond acceptors (Lipinski definition) is 5. The van der Waals surface area contributed by atoms with E-state index in [-0.39, 0.29) is 11.6 Å². The van der Waals surface area contributed by atoms with Gasteiger partial charge in [-0.2, -0.15) is 0 Å². The van der Waals surface area contributed by atoms with Crippen LogP contribution in [0.3, 0.4) is 0 Å². The van der Waals surface area contributed by atoms with E-state index in [1.54, 1.807) is 19.1 Å². The lowest BCUT2D eigenvalue weighted by Crippen LogP contribution is -2.30. The van der Waals surface area contributed by atoms with Crippen LogP contribution in [-0.4, -0.2) is 16.9 Å². The van der Waals surface area contributed by atoms with Crippen molar-refractivity contribution in [1.29, 1.82) is 0 Å². The quantitative estimate of drug-likeness (QED) is 0.415. The highest BCUT2D eigenvalue weighted by molar-refractivity contribution is 7.99. The van der Waals surface area contributed by atoms with Crippen molar-refractivity contribution in [2.24, 2.45) is 0 Å². The van der Waals surface area contributed by atoms with Gasteiger partial charge in [-0.3, -0.25) is 14.9 Å². The molecule has 1 N–H and O–H groups in total. The molecule has 29 heavy (non-hydrogen) atoms. The van der Waals surface area contributed by atoms with Crippen LogP contribution in [0.4, 0.5) is 11.4 Å². The highest BCUT2D eigenvalue weighted by Crippen LogP contribution is 2.29. The van der Waals surface area contributed by atoms with E-state index in [1.807, 2.05) is 55.5 Å². The molecule has 6 nitrogen and oxygen atoms in total. The fourth-order valence-electron chi connectivity index (χ4n) is 2.57. The second kappa shape index (κ2) is 9.25. The largest absolute Gasteiger partial charge is 0.481 e. The Bertz CT molecular complexity index is 1000. The number of ether oxygens (including phenoxy) is 1. The molecular weight excluding hydrogens is 388 g/mol. The molecule has 0 saturated carbocycles. The summed E-state index contributed by atoms with van der Waals surface area (Å²) in [5.74, 6) is 0.421. The Hall–Kier alpha value is -3.32.